The van der Waals surface area contributed by atoms with Crippen molar-refractivity contribution in [2.24, 2.45) is 5.41 Å². The average Bonchev–Trinajstić information content (AvgIpc) is 3.18. The van der Waals surface area contributed by atoms with Crippen LogP contribution < -0.4 is 0 Å². The van der Waals surface area contributed by atoms with Crippen molar-refractivity contribution in [1.29, 1.82) is 0 Å². The van der Waals surface area contributed by atoms with Gasteiger partial charge in [0.25, 0.3) is 0 Å². The van der Waals surface area contributed by atoms with Gasteiger partial charge in [-0.05, 0) is 99.0 Å². The molecule has 28 heavy (non-hydrogen) atoms. The van der Waals surface area contributed by atoms with Crippen LogP contribution in [0.25, 0.3) is 17.2 Å². The molecule has 1 heteroatoms. The minimum absolute atomic E-state index is 0.0773. The Hall–Kier alpha value is -2.30. The summed E-state index contributed by atoms with van der Waals surface area (Å²) in [6, 6.07) is 10.9. The van der Waals surface area contributed by atoms with Gasteiger partial charge in [-0.2, -0.15) is 11.3 Å². The SMILES string of the molecule is CC(=CCCCC=Cc1cccc(-c2ccsc2)c1)CC=CC#CC(C)(C)C. The quantitative estimate of drug-likeness (QED) is 0.241. The van der Waals surface area contributed by atoms with E-state index in [4.69, 9.17) is 0 Å². The zero-order valence-corrected chi connectivity index (χ0v) is 18.5. The predicted octanol–water partition coefficient (Wildman–Crippen LogP) is 8.54. The second kappa shape index (κ2) is 11.5. The fourth-order valence-corrected chi connectivity index (χ4v) is 3.36. The molecule has 146 valence electrons. The second-order valence-corrected chi connectivity index (χ2v) is 8.93. The third-order valence-corrected chi connectivity index (χ3v) is 4.89. The van der Waals surface area contributed by atoms with E-state index in [0.717, 1.165) is 19.3 Å². The summed E-state index contributed by atoms with van der Waals surface area (Å²) < 4.78 is 0. The third-order valence-electron chi connectivity index (χ3n) is 4.21. The molecule has 0 saturated heterocycles. The summed E-state index contributed by atoms with van der Waals surface area (Å²) in [6.07, 6.45) is 15.4. The Morgan fingerprint density at radius 1 is 1.07 bits per heavy atom. The molecule has 2 aromatic rings. The van der Waals surface area contributed by atoms with Gasteiger partial charge < -0.3 is 0 Å². The fourth-order valence-electron chi connectivity index (χ4n) is 2.70. The first-order valence-electron chi connectivity index (χ1n) is 10.1. The summed E-state index contributed by atoms with van der Waals surface area (Å²) in [4.78, 5) is 0. The smallest absolute Gasteiger partial charge is 0.0233 e. The van der Waals surface area contributed by atoms with Crippen LogP contribution in [0.4, 0.5) is 0 Å². The lowest BCUT2D eigenvalue weighted by molar-refractivity contribution is 0.571. The van der Waals surface area contributed by atoms with Gasteiger partial charge in [0.2, 0.25) is 0 Å². The van der Waals surface area contributed by atoms with E-state index in [1.165, 1.54) is 28.7 Å². The molecule has 1 heterocycles. The second-order valence-electron chi connectivity index (χ2n) is 8.15. The summed E-state index contributed by atoms with van der Waals surface area (Å²) >= 11 is 1.74. The maximum atomic E-state index is 3.22. The Morgan fingerprint density at radius 3 is 2.68 bits per heavy atom. The monoisotopic (exact) mass is 388 g/mol. The van der Waals surface area contributed by atoms with Gasteiger partial charge in [0.15, 0.2) is 0 Å². The molecule has 2 rings (SSSR count). The average molecular weight is 389 g/mol. The highest BCUT2D eigenvalue weighted by atomic mass is 32.1. The molecule has 0 bridgehead atoms. The van der Waals surface area contributed by atoms with Gasteiger partial charge in [-0.3, -0.25) is 0 Å². The van der Waals surface area contributed by atoms with Crippen molar-refractivity contribution >= 4 is 17.4 Å². The van der Waals surface area contributed by atoms with Crippen molar-refractivity contribution in [2.75, 3.05) is 0 Å². The number of benzene rings is 1. The van der Waals surface area contributed by atoms with Crippen molar-refractivity contribution in [1.82, 2.24) is 0 Å². The summed E-state index contributed by atoms with van der Waals surface area (Å²) in [5.74, 6) is 6.35. The molecular weight excluding hydrogens is 356 g/mol. The first kappa shape index (κ1) is 22.0. The Bertz CT molecular complexity index is 859. The van der Waals surface area contributed by atoms with E-state index in [2.05, 4.69) is 105 Å². The molecule has 0 amide bonds. The highest BCUT2D eigenvalue weighted by Gasteiger charge is 2.02. The van der Waals surface area contributed by atoms with E-state index in [-0.39, 0.29) is 5.41 Å². The van der Waals surface area contributed by atoms with Crippen molar-refractivity contribution in [2.45, 2.75) is 53.4 Å². The Kier molecular flexibility index (Phi) is 9.05. The summed E-state index contributed by atoms with van der Waals surface area (Å²) in [5, 5.41) is 4.33. The summed E-state index contributed by atoms with van der Waals surface area (Å²) in [5.41, 5.74) is 5.37. The van der Waals surface area contributed by atoms with E-state index >= 15 is 0 Å². The van der Waals surface area contributed by atoms with E-state index in [0.29, 0.717) is 0 Å². The van der Waals surface area contributed by atoms with Crippen molar-refractivity contribution in [3.63, 3.8) is 0 Å². The molecule has 0 aliphatic rings. The van der Waals surface area contributed by atoms with Gasteiger partial charge in [0, 0.05) is 5.41 Å². The molecule has 0 nitrogen and oxygen atoms in total. The van der Waals surface area contributed by atoms with Gasteiger partial charge in [0.1, 0.15) is 0 Å². The maximum Gasteiger partial charge on any atom is 0.0233 e. The lowest BCUT2D eigenvalue weighted by atomic mass is 9.98. The number of hydrogen-bond acceptors (Lipinski definition) is 1. The lowest BCUT2D eigenvalue weighted by Crippen LogP contribution is -1.98. The molecule has 0 fully saturated rings. The Labute approximate surface area is 175 Å². The van der Waals surface area contributed by atoms with Gasteiger partial charge in [-0.25, -0.2) is 0 Å². The zero-order chi connectivity index (χ0) is 20.2. The predicted molar refractivity (Wildman–Crippen MR) is 127 cm³/mol. The van der Waals surface area contributed by atoms with Gasteiger partial charge in [0.05, 0.1) is 0 Å². The van der Waals surface area contributed by atoms with Crippen molar-refractivity contribution in [3.8, 4) is 23.0 Å². The van der Waals surface area contributed by atoms with Crippen LogP contribution in [0.15, 0.2) is 71.0 Å². The van der Waals surface area contributed by atoms with E-state index < -0.39 is 0 Å². The molecule has 0 saturated carbocycles. The van der Waals surface area contributed by atoms with E-state index in [9.17, 15) is 0 Å². The van der Waals surface area contributed by atoms with Gasteiger partial charge >= 0.3 is 0 Å². The van der Waals surface area contributed by atoms with Crippen molar-refractivity contribution in [3.05, 3.63) is 76.5 Å². The zero-order valence-electron chi connectivity index (χ0n) is 17.7. The maximum absolute atomic E-state index is 3.22. The molecule has 0 spiro atoms. The van der Waals surface area contributed by atoms with Crippen LogP contribution in [0, 0.1) is 17.3 Å². The van der Waals surface area contributed by atoms with Crippen LogP contribution in [-0.2, 0) is 0 Å². The van der Waals surface area contributed by atoms with Gasteiger partial charge in [-0.15, -0.1) is 0 Å². The highest BCUT2D eigenvalue weighted by Crippen LogP contribution is 2.23. The molecule has 1 aromatic heterocycles. The van der Waals surface area contributed by atoms with Crippen LogP contribution in [0.2, 0.25) is 0 Å². The Balaban J connectivity index is 1.71. The molecule has 0 atom stereocenters. The van der Waals surface area contributed by atoms with Crippen LogP contribution in [0.3, 0.4) is 0 Å². The fraction of sp³-hybridized carbons (Fsp3) is 0.333. The van der Waals surface area contributed by atoms with Crippen LogP contribution in [0.5, 0.6) is 0 Å². The molecule has 0 radical (unpaired) electrons. The van der Waals surface area contributed by atoms with Crippen LogP contribution in [0.1, 0.15) is 58.9 Å². The lowest BCUT2D eigenvalue weighted by Gasteiger charge is -2.05. The minimum Gasteiger partial charge on any atom is -0.152 e. The molecule has 1 aromatic carbocycles. The van der Waals surface area contributed by atoms with E-state index in [1.807, 2.05) is 6.08 Å². The topological polar surface area (TPSA) is 0 Å². The normalized spacial score (nSPS) is 12.5. The Morgan fingerprint density at radius 2 is 1.93 bits per heavy atom. The number of thiophene rings is 1. The third kappa shape index (κ3) is 9.07. The first-order valence-corrected chi connectivity index (χ1v) is 11.0. The summed E-state index contributed by atoms with van der Waals surface area (Å²) in [6.45, 7) is 8.60. The number of rotatable bonds is 8. The standard InChI is InChI=1S/C27H32S/c1-23(14-9-7-11-19-27(2,3)4)13-8-5-6-10-15-24-16-12-17-25(21-24)26-18-20-28-22-26/h7,9-10,12-13,15-18,20-22H,5-6,8,14H2,1-4H3. The molecule has 0 N–H and O–H groups in total. The minimum atomic E-state index is 0.0773. The van der Waals surface area contributed by atoms with Crippen molar-refractivity contribution < 1.29 is 0 Å². The number of allylic oxidation sites excluding steroid dienone is 5. The van der Waals surface area contributed by atoms with E-state index in [1.54, 1.807) is 11.3 Å². The first-order chi connectivity index (χ1) is 13.4. The van der Waals surface area contributed by atoms with Crippen LogP contribution in [-0.4, -0.2) is 0 Å². The summed E-state index contributed by atoms with van der Waals surface area (Å²) in [7, 11) is 0. The largest absolute Gasteiger partial charge is 0.152 e. The van der Waals surface area contributed by atoms with Gasteiger partial charge in [-0.1, -0.05) is 59.9 Å². The van der Waals surface area contributed by atoms with Crippen LogP contribution >= 0.6 is 11.3 Å². The molecule has 0 unspecified atom stereocenters. The molecule has 0 aliphatic heterocycles. The highest BCUT2D eigenvalue weighted by molar-refractivity contribution is 7.08. The number of hydrogen-bond donors (Lipinski definition) is 0. The number of unbranched alkanes of at least 4 members (excludes halogenated alkanes) is 2. The molecule has 0 aliphatic carbocycles. The molecular formula is C27H32S.